The van der Waals surface area contributed by atoms with Crippen LogP contribution < -0.4 is 15.2 Å². The summed E-state index contributed by atoms with van der Waals surface area (Å²) >= 11 is 0. The molecule has 0 unspecified atom stereocenters. The van der Waals surface area contributed by atoms with Gasteiger partial charge >= 0.3 is 6.18 Å². The molecule has 6 nitrogen and oxygen atoms in total. The van der Waals surface area contributed by atoms with Gasteiger partial charge in [0.2, 0.25) is 0 Å². The molecule has 4 rings (SSSR count). The Balaban J connectivity index is 1.69. The lowest BCUT2D eigenvalue weighted by Gasteiger charge is -2.21. The molecule has 9 heteroatoms. The van der Waals surface area contributed by atoms with Crippen LogP contribution in [0.25, 0.3) is 0 Å². The fourth-order valence-corrected chi connectivity index (χ4v) is 3.09. The molecule has 3 heterocycles. The number of pyridine rings is 1. The van der Waals surface area contributed by atoms with Crippen molar-refractivity contribution in [3.63, 3.8) is 0 Å². The Kier molecular flexibility index (Phi) is 4.06. The summed E-state index contributed by atoms with van der Waals surface area (Å²) in [6.45, 7) is 0.391. The van der Waals surface area contributed by atoms with Gasteiger partial charge in [-0.15, -0.1) is 0 Å². The number of H-pyrrole nitrogens is 1. The van der Waals surface area contributed by atoms with E-state index in [2.05, 4.69) is 10.1 Å². The van der Waals surface area contributed by atoms with Gasteiger partial charge in [0.15, 0.2) is 0 Å². The van der Waals surface area contributed by atoms with Crippen LogP contribution in [0, 0.1) is 0 Å². The summed E-state index contributed by atoms with van der Waals surface area (Å²) < 4.78 is 45.9. The van der Waals surface area contributed by atoms with E-state index in [1.165, 1.54) is 4.90 Å². The second-order valence-corrected chi connectivity index (χ2v) is 5.99. The SMILES string of the molecule is O=c1[nH]ncc(N2Cc3cccc(Oc4ccncc4)c3C2)c1C(F)(F)F. The van der Waals surface area contributed by atoms with Gasteiger partial charge in [-0.2, -0.15) is 18.3 Å². The third kappa shape index (κ3) is 3.23. The minimum absolute atomic E-state index is 0.171. The quantitative estimate of drug-likeness (QED) is 0.760. The van der Waals surface area contributed by atoms with Crippen molar-refractivity contribution in [2.24, 2.45) is 0 Å². The first-order chi connectivity index (χ1) is 12.9. The van der Waals surface area contributed by atoms with E-state index in [0.717, 1.165) is 17.3 Å². The van der Waals surface area contributed by atoms with Crippen LogP contribution in [0.2, 0.25) is 0 Å². The zero-order chi connectivity index (χ0) is 19.0. The minimum atomic E-state index is -4.78. The molecule has 2 aromatic heterocycles. The van der Waals surface area contributed by atoms with Crippen LogP contribution in [0.3, 0.4) is 0 Å². The maximum Gasteiger partial charge on any atom is 0.423 e. The van der Waals surface area contributed by atoms with E-state index in [-0.39, 0.29) is 18.8 Å². The van der Waals surface area contributed by atoms with Crippen LogP contribution in [0.15, 0.2) is 53.7 Å². The molecule has 0 saturated heterocycles. The molecule has 0 saturated carbocycles. The Morgan fingerprint density at radius 2 is 1.89 bits per heavy atom. The molecule has 0 spiro atoms. The first-order valence-electron chi connectivity index (χ1n) is 8.02. The summed E-state index contributed by atoms with van der Waals surface area (Å²) in [7, 11) is 0. The van der Waals surface area contributed by atoms with E-state index in [9.17, 15) is 18.0 Å². The number of hydrogen-bond donors (Lipinski definition) is 1. The third-order valence-electron chi connectivity index (χ3n) is 4.28. The Hall–Kier alpha value is -3.36. The van der Waals surface area contributed by atoms with Crippen LogP contribution in [0.1, 0.15) is 16.7 Å². The molecular weight excluding hydrogens is 361 g/mol. The number of aromatic amines is 1. The molecule has 0 radical (unpaired) electrons. The first kappa shape index (κ1) is 17.1. The van der Waals surface area contributed by atoms with Crippen LogP contribution in [-0.2, 0) is 19.3 Å². The lowest BCUT2D eigenvalue weighted by atomic mass is 10.1. The number of rotatable bonds is 3. The monoisotopic (exact) mass is 374 g/mol. The van der Waals surface area contributed by atoms with Gasteiger partial charge in [-0.1, -0.05) is 12.1 Å². The number of anilines is 1. The summed E-state index contributed by atoms with van der Waals surface area (Å²) in [6, 6.07) is 8.73. The van der Waals surface area contributed by atoms with Crippen molar-refractivity contribution in [2.75, 3.05) is 4.90 Å². The molecular formula is C18H13F3N4O2. The average molecular weight is 374 g/mol. The second-order valence-electron chi connectivity index (χ2n) is 5.99. The number of ether oxygens (including phenoxy) is 1. The number of alkyl halides is 3. The molecule has 0 aliphatic carbocycles. The Morgan fingerprint density at radius 1 is 1.11 bits per heavy atom. The molecule has 1 aromatic carbocycles. The van der Waals surface area contributed by atoms with Gasteiger partial charge in [-0.25, -0.2) is 5.10 Å². The number of benzene rings is 1. The van der Waals surface area contributed by atoms with Gasteiger partial charge in [0, 0.05) is 31.0 Å². The fraction of sp³-hybridized carbons (Fsp3) is 0.167. The summed E-state index contributed by atoms with van der Waals surface area (Å²) in [4.78, 5) is 17.1. The van der Waals surface area contributed by atoms with Crippen molar-refractivity contribution in [1.29, 1.82) is 0 Å². The van der Waals surface area contributed by atoms with Crippen molar-refractivity contribution >= 4 is 5.69 Å². The van der Waals surface area contributed by atoms with E-state index in [1.54, 1.807) is 36.7 Å². The maximum absolute atomic E-state index is 13.4. The Morgan fingerprint density at radius 3 is 2.63 bits per heavy atom. The zero-order valence-corrected chi connectivity index (χ0v) is 13.8. The number of nitrogens with zero attached hydrogens (tertiary/aromatic N) is 3. The number of nitrogens with one attached hydrogen (secondary N) is 1. The number of hydrogen-bond acceptors (Lipinski definition) is 5. The van der Waals surface area contributed by atoms with E-state index in [0.29, 0.717) is 11.5 Å². The molecule has 1 N–H and O–H groups in total. The van der Waals surface area contributed by atoms with Gasteiger partial charge in [-0.3, -0.25) is 9.78 Å². The van der Waals surface area contributed by atoms with Crippen molar-refractivity contribution in [3.8, 4) is 11.5 Å². The van der Waals surface area contributed by atoms with E-state index in [1.807, 2.05) is 11.2 Å². The van der Waals surface area contributed by atoms with Gasteiger partial charge in [-0.05, 0) is 23.8 Å². The molecule has 1 aliphatic heterocycles. The molecule has 0 amide bonds. The predicted octanol–water partition coefficient (Wildman–Crippen LogP) is 3.50. The van der Waals surface area contributed by atoms with Gasteiger partial charge < -0.3 is 9.64 Å². The van der Waals surface area contributed by atoms with Crippen LogP contribution in [-0.4, -0.2) is 15.2 Å². The van der Waals surface area contributed by atoms with E-state index in [4.69, 9.17) is 4.74 Å². The minimum Gasteiger partial charge on any atom is -0.457 e. The Bertz CT molecular complexity index is 1030. The lowest BCUT2D eigenvalue weighted by molar-refractivity contribution is -0.138. The highest BCUT2D eigenvalue weighted by Gasteiger charge is 2.39. The fourth-order valence-electron chi connectivity index (χ4n) is 3.09. The second kappa shape index (κ2) is 6.42. The molecule has 3 aromatic rings. The number of aromatic nitrogens is 3. The lowest BCUT2D eigenvalue weighted by Crippen LogP contribution is -2.28. The maximum atomic E-state index is 13.4. The molecule has 0 bridgehead atoms. The van der Waals surface area contributed by atoms with Crippen LogP contribution >= 0.6 is 0 Å². The molecule has 27 heavy (non-hydrogen) atoms. The standard InChI is InChI=1S/C18H13F3N4O2/c19-18(20,21)16-14(8-23-24-17(16)26)25-9-11-2-1-3-15(13(11)10-25)27-12-4-6-22-7-5-12/h1-8H,9-10H2,(H,24,26). The Labute approximate surface area is 151 Å². The summed E-state index contributed by atoms with van der Waals surface area (Å²) in [5.74, 6) is 1.12. The highest BCUT2D eigenvalue weighted by Crippen LogP contribution is 2.39. The van der Waals surface area contributed by atoms with Crippen molar-refractivity contribution in [2.45, 2.75) is 19.3 Å². The van der Waals surface area contributed by atoms with Gasteiger partial charge in [0.05, 0.1) is 11.9 Å². The summed E-state index contributed by atoms with van der Waals surface area (Å²) in [6.07, 6.45) is -0.582. The van der Waals surface area contributed by atoms with Crippen molar-refractivity contribution < 1.29 is 17.9 Å². The largest absolute Gasteiger partial charge is 0.457 e. The van der Waals surface area contributed by atoms with E-state index >= 15 is 0 Å². The molecule has 0 atom stereocenters. The topological polar surface area (TPSA) is 71.1 Å². The van der Waals surface area contributed by atoms with Gasteiger partial charge in [0.25, 0.3) is 5.56 Å². The van der Waals surface area contributed by atoms with E-state index < -0.39 is 17.3 Å². The summed E-state index contributed by atoms with van der Waals surface area (Å²) in [5.41, 5.74) is -1.17. The van der Waals surface area contributed by atoms with Crippen molar-refractivity contribution in [1.82, 2.24) is 15.2 Å². The van der Waals surface area contributed by atoms with Crippen molar-refractivity contribution in [3.05, 3.63) is 76.0 Å². The van der Waals surface area contributed by atoms with Gasteiger partial charge in [0.1, 0.15) is 17.1 Å². The smallest absolute Gasteiger partial charge is 0.423 e. The predicted molar refractivity (Wildman–Crippen MR) is 90.5 cm³/mol. The van der Waals surface area contributed by atoms with Crippen LogP contribution in [0.5, 0.6) is 11.5 Å². The van der Waals surface area contributed by atoms with Crippen LogP contribution in [0.4, 0.5) is 18.9 Å². The molecule has 138 valence electrons. The average Bonchev–Trinajstić information content (AvgIpc) is 3.06. The normalized spacial score (nSPS) is 13.5. The molecule has 0 fully saturated rings. The summed E-state index contributed by atoms with van der Waals surface area (Å²) in [5, 5.41) is 5.39. The first-order valence-corrected chi connectivity index (χ1v) is 8.02. The molecule has 1 aliphatic rings. The number of fused-ring (bicyclic) bond motifs is 1. The highest BCUT2D eigenvalue weighted by molar-refractivity contribution is 5.58. The highest BCUT2D eigenvalue weighted by atomic mass is 19.4. The number of halogens is 3. The third-order valence-corrected chi connectivity index (χ3v) is 4.28. The zero-order valence-electron chi connectivity index (χ0n) is 13.8.